The Balaban J connectivity index is 2.93. The first-order valence-electron chi connectivity index (χ1n) is 4.98. The third-order valence-electron chi connectivity index (χ3n) is 2.40. The number of benzene rings is 1. The molecule has 1 aromatic carbocycles. The van der Waals surface area contributed by atoms with Crippen LogP contribution in [0.4, 0.5) is 14.5 Å². The molecule has 5 heteroatoms. The zero-order valence-electron chi connectivity index (χ0n) is 9.46. The van der Waals surface area contributed by atoms with Crippen LogP contribution in [0.15, 0.2) is 12.1 Å². The third kappa shape index (κ3) is 2.68. The van der Waals surface area contributed by atoms with Crippen molar-refractivity contribution in [3.63, 3.8) is 0 Å². The van der Waals surface area contributed by atoms with Gasteiger partial charge in [-0.25, -0.2) is 8.78 Å². The standard InChI is InChI=1S/C11H16F2N2O/c1-15(5-6-16-2)9-4-3-8(7-14)10(12)11(9)13/h3-4H,5-7,14H2,1-2H3. The molecule has 0 bridgehead atoms. The number of hydrogen-bond acceptors (Lipinski definition) is 3. The number of rotatable bonds is 5. The first-order chi connectivity index (χ1) is 7.61. The molecule has 0 aliphatic heterocycles. The molecule has 1 rings (SSSR count). The fraction of sp³-hybridized carbons (Fsp3) is 0.455. The van der Waals surface area contributed by atoms with E-state index in [0.717, 1.165) is 0 Å². The molecule has 0 unspecified atom stereocenters. The van der Waals surface area contributed by atoms with Crippen molar-refractivity contribution in [2.24, 2.45) is 5.73 Å². The molecule has 0 aromatic heterocycles. The van der Waals surface area contributed by atoms with Crippen molar-refractivity contribution >= 4 is 5.69 Å². The zero-order valence-corrected chi connectivity index (χ0v) is 9.46. The maximum absolute atomic E-state index is 13.6. The predicted octanol–water partition coefficient (Wildman–Crippen LogP) is 1.51. The number of nitrogens with zero attached hydrogens (tertiary/aromatic N) is 1. The van der Waals surface area contributed by atoms with Gasteiger partial charge in [-0.3, -0.25) is 0 Å². The molecule has 0 amide bonds. The van der Waals surface area contributed by atoms with Crippen LogP contribution in [0.5, 0.6) is 0 Å². The van der Waals surface area contributed by atoms with E-state index in [4.69, 9.17) is 10.5 Å². The molecule has 1 aromatic rings. The first kappa shape index (κ1) is 12.9. The van der Waals surface area contributed by atoms with Gasteiger partial charge in [0.05, 0.1) is 12.3 Å². The van der Waals surface area contributed by atoms with E-state index >= 15 is 0 Å². The van der Waals surface area contributed by atoms with Gasteiger partial charge in [-0.05, 0) is 6.07 Å². The first-order valence-corrected chi connectivity index (χ1v) is 4.98. The Hall–Kier alpha value is -1.20. The molecule has 0 aliphatic rings. The Morgan fingerprint density at radius 2 is 2.00 bits per heavy atom. The number of hydrogen-bond donors (Lipinski definition) is 1. The molecule has 0 fully saturated rings. The van der Waals surface area contributed by atoms with Crippen molar-refractivity contribution in [2.45, 2.75) is 6.54 Å². The van der Waals surface area contributed by atoms with E-state index in [1.807, 2.05) is 0 Å². The Kier molecular flexibility index (Phi) is 4.64. The van der Waals surface area contributed by atoms with Crippen LogP contribution in [0.25, 0.3) is 0 Å². The van der Waals surface area contributed by atoms with Crippen molar-refractivity contribution in [3.8, 4) is 0 Å². The monoisotopic (exact) mass is 230 g/mol. The maximum atomic E-state index is 13.6. The Morgan fingerprint density at radius 3 is 2.56 bits per heavy atom. The Labute approximate surface area is 93.8 Å². The van der Waals surface area contributed by atoms with E-state index in [1.54, 1.807) is 19.1 Å². The lowest BCUT2D eigenvalue weighted by Crippen LogP contribution is -2.23. The van der Waals surface area contributed by atoms with Crippen molar-refractivity contribution in [2.75, 3.05) is 32.2 Å². The van der Waals surface area contributed by atoms with Crippen molar-refractivity contribution in [1.82, 2.24) is 0 Å². The Bertz CT molecular complexity index is 358. The average Bonchev–Trinajstić information content (AvgIpc) is 2.29. The molecule has 16 heavy (non-hydrogen) atoms. The van der Waals surface area contributed by atoms with Gasteiger partial charge in [0.2, 0.25) is 0 Å². The predicted molar refractivity (Wildman–Crippen MR) is 59.4 cm³/mol. The highest BCUT2D eigenvalue weighted by atomic mass is 19.2. The topological polar surface area (TPSA) is 38.5 Å². The lowest BCUT2D eigenvalue weighted by atomic mass is 10.1. The van der Waals surface area contributed by atoms with Gasteiger partial charge in [0.25, 0.3) is 0 Å². The summed E-state index contributed by atoms with van der Waals surface area (Å²) in [6.45, 7) is 0.940. The molecule has 0 heterocycles. The number of methoxy groups -OCH3 is 1. The summed E-state index contributed by atoms with van der Waals surface area (Å²) in [5.41, 5.74) is 5.68. The Morgan fingerprint density at radius 1 is 1.31 bits per heavy atom. The number of ether oxygens (including phenoxy) is 1. The van der Waals surface area contributed by atoms with Gasteiger partial charge >= 0.3 is 0 Å². The number of anilines is 1. The van der Waals surface area contributed by atoms with Gasteiger partial charge in [-0.15, -0.1) is 0 Å². The molecule has 0 aliphatic carbocycles. The average molecular weight is 230 g/mol. The molecular weight excluding hydrogens is 214 g/mol. The summed E-state index contributed by atoms with van der Waals surface area (Å²) in [5, 5.41) is 0. The molecule has 0 radical (unpaired) electrons. The fourth-order valence-corrected chi connectivity index (χ4v) is 1.38. The van der Waals surface area contributed by atoms with E-state index < -0.39 is 11.6 Å². The van der Waals surface area contributed by atoms with Crippen molar-refractivity contribution in [3.05, 3.63) is 29.3 Å². The number of nitrogens with two attached hydrogens (primary N) is 1. The largest absolute Gasteiger partial charge is 0.383 e. The summed E-state index contributed by atoms with van der Waals surface area (Å²) in [6.07, 6.45) is 0. The number of likely N-dealkylation sites (N-methyl/N-ethyl adjacent to an activating group) is 1. The van der Waals surface area contributed by atoms with Crippen LogP contribution in [0.2, 0.25) is 0 Å². The van der Waals surface area contributed by atoms with Gasteiger partial charge < -0.3 is 15.4 Å². The highest BCUT2D eigenvalue weighted by Crippen LogP contribution is 2.22. The van der Waals surface area contributed by atoms with E-state index in [0.29, 0.717) is 13.2 Å². The molecule has 0 spiro atoms. The lowest BCUT2D eigenvalue weighted by Gasteiger charge is -2.20. The minimum absolute atomic E-state index is 0.00911. The molecule has 0 saturated heterocycles. The van der Waals surface area contributed by atoms with Crippen LogP contribution in [-0.2, 0) is 11.3 Å². The summed E-state index contributed by atoms with van der Waals surface area (Å²) in [7, 11) is 3.24. The normalized spacial score (nSPS) is 10.6. The van der Waals surface area contributed by atoms with Crippen LogP contribution in [0, 0.1) is 11.6 Å². The highest BCUT2D eigenvalue weighted by molar-refractivity contribution is 5.49. The van der Waals surface area contributed by atoms with E-state index in [2.05, 4.69) is 0 Å². The van der Waals surface area contributed by atoms with Gasteiger partial charge in [-0.2, -0.15) is 0 Å². The van der Waals surface area contributed by atoms with Crippen LogP contribution in [0.3, 0.4) is 0 Å². The van der Waals surface area contributed by atoms with Gasteiger partial charge in [0, 0.05) is 32.8 Å². The second kappa shape index (κ2) is 5.77. The summed E-state index contributed by atoms with van der Waals surface area (Å²) in [6, 6.07) is 3.02. The van der Waals surface area contributed by atoms with E-state index in [-0.39, 0.29) is 17.8 Å². The summed E-state index contributed by atoms with van der Waals surface area (Å²) >= 11 is 0. The fourth-order valence-electron chi connectivity index (χ4n) is 1.38. The van der Waals surface area contributed by atoms with E-state index in [9.17, 15) is 8.78 Å². The molecule has 0 saturated carbocycles. The van der Waals surface area contributed by atoms with Crippen LogP contribution >= 0.6 is 0 Å². The maximum Gasteiger partial charge on any atom is 0.182 e. The minimum Gasteiger partial charge on any atom is -0.383 e. The second-order valence-corrected chi connectivity index (χ2v) is 3.49. The molecule has 3 nitrogen and oxygen atoms in total. The quantitative estimate of drug-likeness (QED) is 0.833. The van der Waals surface area contributed by atoms with Crippen LogP contribution in [0.1, 0.15) is 5.56 Å². The van der Waals surface area contributed by atoms with Crippen molar-refractivity contribution in [1.29, 1.82) is 0 Å². The second-order valence-electron chi connectivity index (χ2n) is 3.49. The zero-order chi connectivity index (χ0) is 12.1. The molecular formula is C11H16F2N2O. The van der Waals surface area contributed by atoms with Crippen LogP contribution in [-0.4, -0.2) is 27.3 Å². The smallest absolute Gasteiger partial charge is 0.182 e. The summed E-state index contributed by atoms with van der Waals surface area (Å²) < 4.78 is 31.9. The summed E-state index contributed by atoms with van der Waals surface area (Å²) in [4.78, 5) is 1.60. The SMILES string of the molecule is COCCN(C)c1ccc(CN)c(F)c1F. The molecule has 2 N–H and O–H groups in total. The lowest BCUT2D eigenvalue weighted by molar-refractivity contribution is 0.206. The number of halogens is 2. The minimum atomic E-state index is -0.871. The highest BCUT2D eigenvalue weighted by Gasteiger charge is 2.14. The van der Waals surface area contributed by atoms with Crippen molar-refractivity contribution < 1.29 is 13.5 Å². The molecule has 90 valence electrons. The summed E-state index contributed by atoms with van der Waals surface area (Å²) in [5.74, 6) is -1.73. The third-order valence-corrected chi connectivity index (χ3v) is 2.40. The van der Waals surface area contributed by atoms with Gasteiger partial charge in [-0.1, -0.05) is 6.07 Å². The van der Waals surface area contributed by atoms with E-state index in [1.165, 1.54) is 12.1 Å². The van der Waals surface area contributed by atoms with Gasteiger partial charge in [0.1, 0.15) is 0 Å². The molecule has 0 atom stereocenters. The van der Waals surface area contributed by atoms with Gasteiger partial charge in [0.15, 0.2) is 11.6 Å². The van der Waals surface area contributed by atoms with Crippen LogP contribution < -0.4 is 10.6 Å².